The zero-order chi connectivity index (χ0) is 8.97. The molecule has 1 rings (SSSR count). The normalized spacial score (nSPS) is 9.83. The quantitative estimate of drug-likeness (QED) is 0.577. The molecule has 0 N–H and O–H groups in total. The Bertz CT molecular complexity index is 268. The summed E-state index contributed by atoms with van der Waals surface area (Å²) < 4.78 is 12.0. The molecule has 0 spiro atoms. The Kier molecular flexibility index (Phi) is 3.41. The lowest BCUT2D eigenvalue weighted by Crippen LogP contribution is -1.99. The van der Waals surface area contributed by atoms with Crippen LogP contribution in [-0.4, -0.2) is 11.1 Å². The van der Waals surface area contributed by atoms with E-state index in [-0.39, 0.29) is 5.78 Å². The smallest absolute Gasteiger partial charge is 0.173 e. The fourth-order valence-electron chi connectivity index (χ4n) is 0.857. The summed E-state index contributed by atoms with van der Waals surface area (Å²) in [5.74, 6) is 0.0143. The second-order valence-electron chi connectivity index (χ2n) is 2.39. The summed E-state index contributed by atoms with van der Waals surface area (Å²) in [5, 5.41) is 0.308. The Morgan fingerprint density at radius 2 is 1.92 bits per heavy atom. The third-order valence-corrected chi connectivity index (χ3v) is 2.06. The van der Waals surface area contributed by atoms with Crippen molar-refractivity contribution in [2.24, 2.45) is 0 Å². The van der Waals surface area contributed by atoms with Gasteiger partial charge in [-0.25, -0.2) is 4.39 Å². The van der Waals surface area contributed by atoms with E-state index in [1.807, 2.05) is 0 Å². The van der Waals surface area contributed by atoms with E-state index in [2.05, 4.69) is 15.9 Å². The van der Waals surface area contributed by atoms with Gasteiger partial charge in [-0.05, 0) is 5.56 Å². The van der Waals surface area contributed by atoms with E-state index in [1.54, 1.807) is 24.3 Å². The van der Waals surface area contributed by atoms with Crippen molar-refractivity contribution < 1.29 is 9.18 Å². The van der Waals surface area contributed by atoms with Gasteiger partial charge in [0.1, 0.15) is 6.67 Å². The number of Topliss-reactive ketones (excluding diaryl/α,β-unsaturated/α-hetero) is 1. The molecule has 64 valence electrons. The van der Waals surface area contributed by atoms with Crippen LogP contribution >= 0.6 is 15.9 Å². The number of alkyl halides is 2. The van der Waals surface area contributed by atoms with Crippen molar-refractivity contribution in [2.45, 2.75) is 6.67 Å². The largest absolute Gasteiger partial charge is 0.293 e. The molecule has 3 heteroatoms. The minimum Gasteiger partial charge on any atom is -0.293 e. The van der Waals surface area contributed by atoms with Gasteiger partial charge in [-0.1, -0.05) is 40.2 Å². The maximum Gasteiger partial charge on any atom is 0.173 e. The van der Waals surface area contributed by atoms with Crippen molar-refractivity contribution in [1.82, 2.24) is 0 Å². The molecule has 1 nitrogen and oxygen atoms in total. The van der Waals surface area contributed by atoms with Crippen LogP contribution in [0, 0.1) is 0 Å². The van der Waals surface area contributed by atoms with Crippen molar-refractivity contribution in [1.29, 1.82) is 0 Å². The molecule has 0 bridgehead atoms. The second-order valence-corrected chi connectivity index (χ2v) is 2.95. The molecule has 0 saturated heterocycles. The molecule has 0 aliphatic heterocycles. The first-order valence-corrected chi connectivity index (χ1v) is 4.64. The highest BCUT2D eigenvalue weighted by atomic mass is 79.9. The highest BCUT2D eigenvalue weighted by Crippen LogP contribution is 2.07. The molecule has 0 unspecified atom stereocenters. The zero-order valence-electron chi connectivity index (χ0n) is 6.39. The standard InChI is InChI=1S/C9H8BrFO/c10-5-9(12)8-3-1-7(6-11)2-4-8/h1-4H,5-6H2. The first-order chi connectivity index (χ1) is 5.77. The predicted molar refractivity (Wildman–Crippen MR) is 49.4 cm³/mol. The predicted octanol–water partition coefficient (Wildman–Crippen LogP) is 2.73. The van der Waals surface area contributed by atoms with Gasteiger partial charge in [-0.3, -0.25) is 4.79 Å². The van der Waals surface area contributed by atoms with Gasteiger partial charge in [0.2, 0.25) is 0 Å². The van der Waals surface area contributed by atoms with E-state index < -0.39 is 6.67 Å². The minimum atomic E-state index is -0.483. The van der Waals surface area contributed by atoms with Crippen LogP contribution in [0.5, 0.6) is 0 Å². The number of rotatable bonds is 3. The highest BCUT2D eigenvalue weighted by molar-refractivity contribution is 9.09. The number of ketones is 1. The van der Waals surface area contributed by atoms with Crippen LogP contribution in [-0.2, 0) is 6.67 Å². The molecule has 1 aromatic rings. The average molecular weight is 231 g/mol. The second kappa shape index (κ2) is 4.36. The fourth-order valence-corrected chi connectivity index (χ4v) is 1.18. The van der Waals surface area contributed by atoms with Crippen LogP contribution < -0.4 is 0 Å². The number of hydrogen-bond donors (Lipinski definition) is 0. The maximum absolute atomic E-state index is 12.0. The first kappa shape index (κ1) is 9.39. The lowest BCUT2D eigenvalue weighted by molar-refractivity contribution is 0.102. The molecule has 0 aromatic heterocycles. The Morgan fingerprint density at radius 3 is 2.33 bits per heavy atom. The molecular formula is C9H8BrFO. The summed E-state index contributed by atoms with van der Waals surface area (Å²) >= 11 is 3.06. The van der Waals surface area contributed by atoms with Crippen molar-refractivity contribution >= 4 is 21.7 Å². The van der Waals surface area contributed by atoms with E-state index >= 15 is 0 Å². The van der Waals surface area contributed by atoms with Crippen LogP contribution in [0.4, 0.5) is 4.39 Å². The molecular weight excluding hydrogens is 223 g/mol. The summed E-state index contributed by atoms with van der Waals surface area (Å²) in [4.78, 5) is 11.1. The molecule has 12 heavy (non-hydrogen) atoms. The van der Waals surface area contributed by atoms with Gasteiger partial charge in [-0.15, -0.1) is 0 Å². The van der Waals surface area contributed by atoms with Gasteiger partial charge >= 0.3 is 0 Å². The average Bonchev–Trinajstić information content (AvgIpc) is 2.17. The van der Waals surface area contributed by atoms with Gasteiger partial charge in [0.25, 0.3) is 0 Å². The molecule has 0 radical (unpaired) electrons. The third-order valence-electron chi connectivity index (χ3n) is 1.55. The Balaban J connectivity index is 2.84. The molecule has 1 aromatic carbocycles. The van der Waals surface area contributed by atoms with E-state index in [0.29, 0.717) is 16.5 Å². The fraction of sp³-hybridized carbons (Fsp3) is 0.222. The van der Waals surface area contributed by atoms with Gasteiger partial charge in [0, 0.05) is 5.56 Å². The van der Waals surface area contributed by atoms with Crippen LogP contribution in [0.15, 0.2) is 24.3 Å². The number of halogens is 2. The minimum absolute atomic E-state index is 0.0143. The molecule has 0 aliphatic rings. The summed E-state index contributed by atoms with van der Waals surface area (Å²) in [6, 6.07) is 6.52. The molecule has 0 atom stereocenters. The number of benzene rings is 1. The van der Waals surface area contributed by atoms with Crippen molar-refractivity contribution in [3.05, 3.63) is 35.4 Å². The van der Waals surface area contributed by atoms with Crippen molar-refractivity contribution in [2.75, 3.05) is 5.33 Å². The van der Waals surface area contributed by atoms with Gasteiger partial charge in [0.15, 0.2) is 5.78 Å². The molecule has 0 fully saturated rings. The topological polar surface area (TPSA) is 17.1 Å². The Labute approximate surface area is 78.7 Å². The molecule has 0 heterocycles. The highest BCUT2D eigenvalue weighted by Gasteiger charge is 2.02. The third kappa shape index (κ3) is 2.14. The van der Waals surface area contributed by atoms with Crippen molar-refractivity contribution in [3.8, 4) is 0 Å². The maximum atomic E-state index is 12.0. The number of carbonyl (C=O) groups excluding carboxylic acids is 1. The van der Waals surface area contributed by atoms with E-state index in [0.717, 1.165) is 0 Å². The molecule has 0 aliphatic carbocycles. The number of hydrogen-bond acceptors (Lipinski definition) is 1. The Morgan fingerprint density at radius 1 is 1.33 bits per heavy atom. The zero-order valence-corrected chi connectivity index (χ0v) is 7.97. The first-order valence-electron chi connectivity index (χ1n) is 3.52. The summed E-state index contributed by atoms with van der Waals surface area (Å²) in [6.07, 6.45) is 0. The SMILES string of the molecule is O=C(CBr)c1ccc(CF)cc1. The summed E-state index contributed by atoms with van der Waals surface area (Å²) in [7, 11) is 0. The van der Waals surface area contributed by atoms with Crippen LogP contribution in [0.25, 0.3) is 0 Å². The van der Waals surface area contributed by atoms with Crippen molar-refractivity contribution in [3.63, 3.8) is 0 Å². The van der Waals surface area contributed by atoms with Crippen LogP contribution in [0.2, 0.25) is 0 Å². The van der Waals surface area contributed by atoms with Gasteiger partial charge in [0.05, 0.1) is 5.33 Å². The van der Waals surface area contributed by atoms with Gasteiger partial charge in [-0.2, -0.15) is 0 Å². The van der Waals surface area contributed by atoms with E-state index in [1.165, 1.54) is 0 Å². The lowest BCUT2D eigenvalue weighted by atomic mass is 10.1. The van der Waals surface area contributed by atoms with Crippen LogP contribution in [0.1, 0.15) is 15.9 Å². The molecule has 0 amide bonds. The lowest BCUT2D eigenvalue weighted by Gasteiger charge is -1.97. The monoisotopic (exact) mass is 230 g/mol. The summed E-state index contributed by atoms with van der Waals surface area (Å²) in [6.45, 7) is -0.483. The van der Waals surface area contributed by atoms with Crippen LogP contribution in [0.3, 0.4) is 0 Å². The van der Waals surface area contributed by atoms with E-state index in [4.69, 9.17) is 0 Å². The number of carbonyl (C=O) groups is 1. The van der Waals surface area contributed by atoms with E-state index in [9.17, 15) is 9.18 Å². The molecule has 0 saturated carbocycles. The Hall–Kier alpha value is -0.700. The summed E-state index contributed by atoms with van der Waals surface area (Å²) in [5.41, 5.74) is 1.21. The van der Waals surface area contributed by atoms with Gasteiger partial charge < -0.3 is 0 Å².